The van der Waals surface area contributed by atoms with E-state index in [-0.39, 0.29) is 5.82 Å². The van der Waals surface area contributed by atoms with Crippen LogP contribution in [0.25, 0.3) is 11.1 Å². The zero-order valence-corrected chi connectivity index (χ0v) is 15.3. The molecule has 0 spiro atoms. The summed E-state index contributed by atoms with van der Waals surface area (Å²) >= 11 is 0. The number of halogens is 1. The first-order valence-corrected chi connectivity index (χ1v) is 9.69. The predicted octanol–water partition coefficient (Wildman–Crippen LogP) is 4.71. The van der Waals surface area contributed by atoms with E-state index in [1.165, 1.54) is 22.3 Å². The highest BCUT2D eigenvalue weighted by atomic mass is 19.1. The van der Waals surface area contributed by atoms with Crippen molar-refractivity contribution >= 4 is 0 Å². The van der Waals surface area contributed by atoms with Gasteiger partial charge in [0.05, 0.1) is 6.04 Å². The minimum Gasteiger partial charge on any atom is -0.296 e. The van der Waals surface area contributed by atoms with E-state index in [0.29, 0.717) is 12.6 Å². The molecule has 1 heterocycles. The van der Waals surface area contributed by atoms with Crippen molar-refractivity contribution in [3.05, 3.63) is 95.3 Å². The summed E-state index contributed by atoms with van der Waals surface area (Å²) in [5, 5.41) is 0. The Labute approximate surface area is 159 Å². The number of rotatable bonds is 3. The lowest BCUT2D eigenvalue weighted by atomic mass is 10.0. The number of hydrogen-bond donors (Lipinski definition) is 0. The van der Waals surface area contributed by atoms with E-state index in [4.69, 9.17) is 0 Å². The molecule has 3 aromatic rings. The van der Waals surface area contributed by atoms with Crippen molar-refractivity contribution in [2.45, 2.75) is 12.6 Å². The van der Waals surface area contributed by atoms with Gasteiger partial charge in [0, 0.05) is 38.3 Å². The van der Waals surface area contributed by atoms with Crippen molar-refractivity contribution in [3.63, 3.8) is 0 Å². The van der Waals surface area contributed by atoms with E-state index in [2.05, 4.69) is 58.3 Å². The third kappa shape index (κ3) is 2.97. The molecule has 0 unspecified atom stereocenters. The minimum atomic E-state index is -0.0985. The van der Waals surface area contributed by atoms with Gasteiger partial charge < -0.3 is 0 Å². The maximum Gasteiger partial charge on any atom is 0.127 e. The van der Waals surface area contributed by atoms with Gasteiger partial charge in [-0.05, 0) is 28.3 Å². The van der Waals surface area contributed by atoms with Gasteiger partial charge in [-0.15, -0.1) is 0 Å². The molecule has 2 nitrogen and oxygen atoms in total. The quantitative estimate of drug-likeness (QED) is 0.669. The van der Waals surface area contributed by atoms with E-state index < -0.39 is 0 Å². The first-order valence-electron chi connectivity index (χ1n) is 9.69. The van der Waals surface area contributed by atoms with Gasteiger partial charge in [-0.2, -0.15) is 0 Å². The van der Waals surface area contributed by atoms with Crippen molar-refractivity contribution in [2.75, 3.05) is 26.2 Å². The van der Waals surface area contributed by atoms with Crippen LogP contribution in [0, 0.1) is 5.82 Å². The predicted molar refractivity (Wildman–Crippen MR) is 107 cm³/mol. The van der Waals surface area contributed by atoms with Crippen molar-refractivity contribution in [1.82, 2.24) is 9.80 Å². The third-order valence-corrected chi connectivity index (χ3v) is 5.92. The number of piperazine rings is 1. The fourth-order valence-electron chi connectivity index (χ4n) is 4.57. The molecule has 1 saturated heterocycles. The van der Waals surface area contributed by atoms with Crippen LogP contribution in [-0.2, 0) is 6.54 Å². The van der Waals surface area contributed by atoms with E-state index in [1.54, 1.807) is 12.1 Å². The Bertz CT molecular complexity index is 914. The van der Waals surface area contributed by atoms with Crippen LogP contribution in [0.2, 0.25) is 0 Å². The Morgan fingerprint density at radius 1 is 0.704 bits per heavy atom. The lowest BCUT2D eigenvalue weighted by molar-refractivity contribution is 0.105. The van der Waals surface area contributed by atoms with Crippen molar-refractivity contribution in [2.24, 2.45) is 0 Å². The van der Waals surface area contributed by atoms with E-state index in [0.717, 1.165) is 31.7 Å². The van der Waals surface area contributed by atoms with Crippen LogP contribution in [-0.4, -0.2) is 36.0 Å². The molecule has 0 radical (unpaired) electrons. The Kier molecular flexibility index (Phi) is 4.27. The van der Waals surface area contributed by atoms with Crippen LogP contribution in [0.5, 0.6) is 0 Å². The molecule has 1 aliphatic heterocycles. The fraction of sp³-hybridized carbons (Fsp3) is 0.250. The van der Waals surface area contributed by atoms with Crippen molar-refractivity contribution < 1.29 is 4.39 Å². The third-order valence-electron chi connectivity index (χ3n) is 5.92. The van der Waals surface area contributed by atoms with Gasteiger partial charge in [0.15, 0.2) is 0 Å². The van der Waals surface area contributed by atoms with Crippen LogP contribution < -0.4 is 0 Å². The van der Waals surface area contributed by atoms with E-state index in [9.17, 15) is 4.39 Å². The topological polar surface area (TPSA) is 6.48 Å². The molecule has 0 amide bonds. The summed E-state index contributed by atoms with van der Waals surface area (Å²) in [5.41, 5.74) is 6.36. The van der Waals surface area contributed by atoms with Gasteiger partial charge >= 0.3 is 0 Å². The molecule has 0 atom stereocenters. The van der Waals surface area contributed by atoms with Crippen LogP contribution in [0.4, 0.5) is 4.39 Å². The van der Waals surface area contributed by atoms with Crippen LogP contribution in [0.3, 0.4) is 0 Å². The molecule has 0 N–H and O–H groups in total. The molecule has 3 aromatic carbocycles. The average Bonchev–Trinajstić information content (AvgIpc) is 3.05. The maximum absolute atomic E-state index is 14.0. The highest BCUT2D eigenvalue weighted by Gasteiger charge is 2.34. The molecular formula is C24H23FN2. The van der Waals surface area contributed by atoms with Crippen molar-refractivity contribution in [1.29, 1.82) is 0 Å². The smallest absolute Gasteiger partial charge is 0.127 e. The zero-order valence-electron chi connectivity index (χ0n) is 15.3. The molecule has 136 valence electrons. The van der Waals surface area contributed by atoms with Gasteiger partial charge in [0.2, 0.25) is 0 Å². The van der Waals surface area contributed by atoms with Crippen molar-refractivity contribution in [3.8, 4) is 11.1 Å². The molecule has 2 aliphatic rings. The molecule has 0 aromatic heterocycles. The molecule has 5 rings (SSSR count). The summed E-state index contributed by atoms with van der Waals surface area (Å²) in [6.07, 6.45) is 0. The second-order valence-electron chi connectivity index (χ2n) is 7.48. The molecule has 1 fully saturated rings. The fourth-order valence-corrected chi connectivity index (χ4v) is 4.57. The Morgan fingerprint density at radius 3 is 1.89 bits per heavy atom. The highest BCUT2D eigenvalue weighted by molar-refractivity contribution is 5.78. The Balaban J connectivity index is 1.35. The van der Waals surface area contributed by atoms with E-state index in [1.807, 2.05) is 12.1 Å². The number of benzene rings is 3. The summed E-state index contributed by atoms with van der Waals surface area (Å²) in [6.45, 7) is 4.63. The van der Waals surface area contributed by atoms with Crippen LogP contribution >= 0.6 is 0 Å². The Hall–Kier alpha value is -2.49. The molecule has 0 saturated carbocycles. The summed E-state index contributed by atoms with van der Waals surface area (Å²) in [7, 11) is 0. The second-order valence-corrected chi connectivity index (χ2v) is 7.48. The first-order chi connectivity index (χ1) is 13.3. The van der Waals surface area contributed by atoms with Gasteiger partial charge in [0.1, 0.15) is 5.82 Å². The summed E-state index contributed by atoms with van der Waals surface area (Å²) < 4.78 is 14.0. The summed E-state index contributed by atoms with van der Waals surface area (Å²) in [6, 6.07) is 25.0. The zero-order chi connectivity index (χ0) is 18.2. The molecule has 3 heteroatoms. The summed E-state index contributed by atoms with van der Waals surface area (Å²) in [4.78, 5) is 4.95. The lowest BCUT2D eigenvalue weighted by Gasteiger charge is -2.38. The molecule has 27 heavy (non-hydrogen) atoms. The normalized spacial score (nSPS) is 17.7. The first kappa shape index (κ1) is 16.7. The second kappa shape index (κ2) is 6.91. The number of hydrogen-bond acceptors (Lipinski definition) is 2. The Morgan fingerprint density at radius 2 is 1.26 bits per heavy atom. The number of fused-ring (bicyclic) bond motifs is 3. The monoisotopic (exact) mass is 358 g/mol. The van der Waals surface area contributed by atoms with E-state index >= 15 is 0 Å². The largest absolute Gasteiger partial charge is 0.296 e. The average molecular weight is 358 g/mol. The molecular weight excluding hydrogens is 335 g/mol. The van der Waals surface area contributed by atoms with Crippen LogP contribution in [0.1, 0.15) is 22.7 Å². The van der Waals surface area contributed by atoms with Gasteiger partial charge in [-0.3, -0.25) is 9.80 Å². The maximum atomic E-state index is 14.0. The van der Waals surface area contributed by atoms with Gasteiger partial charge in [-0.25, -0.2) is 4.39 Å². The van der Waals surface area contributed by atoms with Crippen LogP contribution in [0.15, 0.2) is 72.8 Å². The van der Waals surface area contributed by atoms with Gasteiger partial charge in [-0.1, -0.05) is 66.7 Å². The SMILES string of the molecule is Fc1ccccc1CN1CCN(C2c3ccccc3-c3ccccc32)CC1. The standard InChI is InChI=1S/C24H23FN2/c25-23-12-6-1-7-18(23)17-26-13-15-27(16-14-26)24-21-10-4-2-8-19(21)20-9-3-5-11-22(20)24/h1-12,24H,13-17H2. The van der Waals surface area contributed by atoms with Gasteiger partial charge in [0.25, 0.3) is 0 Å². The highest BCUT2D eigenvalue weighted by Crippen LogP contribution is 2.46. The minimum absolute atomic E-state index is 0.0985. The lowest BCUT2D eigenvalue weighted by Crippen LogP contribution is -2.47. The molecule has 1 aliphatic carbocycles. The molecule has 0 bridgehead atoms. The number of nitrogens with zero attached hydrogens (tertiary/aromatic N) is 2. The summed E-state index contributed by atoms with van der Waals surface area (Å²) in [5.74, 6) is -0.0985.